The second kappa shape index (κ2) is 7.82. The average Bonchev–Trinajstić information content (AvgIpc) is 2.48. The van der Waals surface area contributed by atoms with Gasteiger partial charge in [0.2, 0.25) is 0 Å². The predicted octanol–water partition coefficient (Wildman–Crippen LogP) is 6.36. The summed E-state index contributed by atoms with van der Waals surface area (Å²) < 4.78 is 5.52. The van der Waals surface area contributed by atoms with Gasteiger partial charge >= 0.3 is 0 Å². The Bertz CT molecular complexity index is 751. The molecule has 0 spiro atoms. The van der Waals surface area contributed by atoms with E-state index in [0.29, 0.717) is 20.8 Å². The van der Waals surface area contributed by atoms with Gasteiger partial charge in [-0.25, -0.2) is 0 Å². The third-order valence-corrected chi connectivity index (χ3v) is 4.42. The molecular weight excluding hydrogens is 403 g/mol. The van der Waals surface area contributed by atoms with Crippen molar-refractivity contribution in [3.8, 4) is 5.75 Å². The van der Waals surface area contributed by atoms with Crippen LogP contribution in [0, 0.1) is 0 Å². The molecule has 0 heterocycles. The maximum atomic E-state index is 12.2. The van der Waals surface area contributed by atoms with Gasteiger partial charge in [0.1, 0.15) is 5.75 Å². The fourth-order valence-electron chi connectivity index (χ4n) is 1.67. The summed E-state index contributed by atoms with van der Waals surface area (Å²) in [5.74, 6) is -0.169. The van der Waals surface area contributed by atoms with Crippen molar-refractivity contribution in [3.05, 3.63) is 55.4 Å². The Morgan fingerprint density at radius 2 is 1.61 bits per heavy atom. The van der Waals surface area contributed by atoms with E-state index in [9.17, 15) is 4.79 Å². The van der Waals surface area contributed by atoms with Gasteiger partial charge < -0.3 is 10.1 Å². The molecule has 2 aromatic rings. The first kappa shape index (κ1) is 18.5. The summed E-state index contributed by atoms with van der Waals surface area (Å²) in [7, 11) is 0. The highest BCUT2D eigenvalue weighted by Crippen LogP contribution is 2.34. The van der Waals surface area contributed by atoms with E-state index in [2.05, 4.69) is 5.32 Å². The number of hydrogen-bond acceptors (Lipinski definition) is 2. The van der Waals surface area contributed by atoms with E-state index in [4.69, 9.17) is 62.7 Å². The van der Waals surface area contributed by atoms with E-state index >= 15 is 0 Å². The normalized spacial score (nSPS) is 11.9. The molecule has 0 saturated heterocycles. The van der Waals surface area contributed by atoms with Gasteiger partial charge in [0.05, 0.1) is 25.8 Å². The summed E-state index contributed by atoms with van der Waals surface area (Å²) in [6, 6.07) is 7.64. The monoisotopic (exact) mass is 411 g/mol. The van der Waals surface area contributed by atoms with Gasteiger partial charge in [-0.2, -0.15) is 0 Å². The molecule has 0 aliphatic carbocycles. The van der Waals surface area contributed by atoms with E-state index in [0.717, 1.165) is 0 Å². The van der Waals surface area contributed by atoms with Crippen LogP contribution in [0.1, 0.15) is 6.92 Å². The zero-order valence-corrected chi connectivity index (χ0v) is 15.5. The van der Waals surface area contributed by atoms with E-state index in [1.165, 1.54) is 12.1 Å². The Morgan fingerprint density at radius 1 is 0.957 bits per heavy atom. The Balaban J connectivity index is 2.11. The lowest BCUT2D eigenvalue weighted by Crippen LogP contribution is -2.30. The molecule has 2 aromatic carbocycles. The molecule has 0 aliphatic heterocycles. The number of hydrogen-bond donors (Lipinski definition) is 1. The van der Waals surface area contributed by atoms with Crippen LogP contribution < -0.4 is 10.1 Å². The summed E-state index contributed by atoms with van der Waals surface area (Å²) in [5, 5.41) is 4.27. The molecule has 1 amide bonds. The number of carbonyl (C=O) groups excluding carboxylic acids is 1. The molecule has 2 rings (SSSR count). The van der Waals surface area contributed by atoms with E-state index in [-0.39, 0.29) is 15.8 Å². The molecule has 1 N–H and O–H groups in total. The second-order valence-corrected chi connectivity index (χ2v) is 6.64. The molecule has 0 fully saturated rings. The molecule has 0 radical (unpaired) electrons. The topological polar surface area (TPSA) is 38.3 Å². The lowest BCUT2D eigenvalue weighted by atomic mass is 10.3. The van der Waals surface area contributed by atoms with Gasteiger partial charge in [-0.15, -0.1) is 0 Å². The van der Waals surface area contributed by atoms with Gasteiger partial charge in [-0.05, 0) is 31.2 Å². The largest absolute Gasteiger partial charge is 0.479 e. The van der Waals surface area contributed by atoms with Crippen molar-refractivity contribution in [2.45, 2.75) is 13.0 Å². The third-order valence-electron chi connectivity index (χ3n) is 2.83. The van der Waals surface area contributed by atoms with Gasteiger partial charge in [0.25, 0.3) is 5.91 Å². The smallest absolute Gasteiger partial charge is 0.265 e. The van der Waals surface area contributed by atoms with E-state index < -0.39 is 12.0 Å². The molecule has 0 aromatic heterocycles. The average molecular weight is 414 g/mol. The molecular formula is C15H10Cl5NO2. The van der Waals surface area contributed by atoms with Crippen molar-refractivity contribution in [1.82, 2.24) is 0 Å². The van der Waals surface area contributed by atoms with Crippen molar-refractivity contribution in [3.63, 3.8) is 0 Å². The number of rotatable bonds is 4. The fourth-order valence-corrected chi connectivity index (χ4v) is 2.58. The maximum Gasteiger partial charge on any atom is 0.265 e. The van der Waals surface area contributed by atoms with Crippen LogP contribution in [0.5, 0.6) is 5.75 Å². The number of benzene rings is 2. The quantitative estimate of drug-likeness (QED) is 0.592. The lowest BCUT2D eigenvalue weighted by Gasteiger charge is -2.16. The molecule has 23 heavy (non-hydrogen) atoms. The molecule has 3 nitrogen and oxygen atoms in total. The van der Waals surface area contributed by atoms with Gasteiger partial charge in [-0.1, -0.05) is 58.0 Å². The van der Waals surface area contributed by atoms with Crippen LogP contribution in [0.15, 0.2) is 30.3 Å². The highest BCUT2D eigenvalue weighted by Gasteiger charge is 2.18. The lowest BCUT2D eigenvalue weighted by molar-refractivity contribution is -0.122. The molecule has 8 heteroatoms. The third kappa shape index (κ3) is 4.82. The van der Waals surface area contributed by atoms with Crippen LogP contribution in [-0.2, 0) is 4.79 Å². The first-order valence-corrected chi connectivity index (χ1v) is 8.24. The summed E-state index contributed by atoms with van der Waals surface area (Å²) in [6.07, 6.45) is -0.847. The fraction of sp³-hybridized carbons (Fsp3) is 0.133. The summed E-state index contributed by atoms with van der Waals surface area (Å²) in [4.78, 5) is 12.2. The first-order chi connectivity index (χ1) is 10.8. The highest BCUT2D eigenvalue weighted by molar-refractivity contribution is 6.43. The number of ether oxygens (including phenoxy) is 1. The van der Waals surface area contributed by atoms with Gasteiger partial charge in [-0.3, -0.25) is 4.79 Å². The molecule has 0 bridgehead atoms. The van der Waals surface area contributed by atoms with Crippen LogP contribution >= 0.6 is 58.0 Å². The number of carbonyl (C=O) groups is 1. The Hall–Kier alpha value is -0.840. The minimum atomic E-state index is -0.847. The summed E-state index contributed by atoms with van der Waals surface area (Å²) >= 11 is 29.7. The Kier molecular flexibility index (Phi) is 6.29. The van der Waals surface area contributed by atoms with Crippen LogP contribution in [0.4, 0.5) is 5.69 Å². The zero-order valence-electron chi connectivity index (χ0n) is 11.7. The van der Waals surface area contributed by atoms with Crippen LogP contribution in [0.3, 0.4) is 0 Å². The molecule has 0 saturated carbocycles. The van der Waals surface area contributed by atoms with Crippen LogP contribution in [0.25, 0.3) is 0 Å². The minimum absolute atomic E-state index is 0.250. The predicted molar refractivity (Wildman–Crippen MR) is 96.7 cm³/mol. The second-order valence-electron chi connectivity index (χ2n) is 4.57. The van der Waals surface area contributed by atoms with Crippen molar-refractivity contribution in [1.29, 1.82) is 0 Å². The SMILES string of the molecule is CC(Oc1cc(Cl)c(Cl)cc1Cl)C(=O)Nc1cc(Cl)ccc1Cl. The number of halogens is 5. The van der Waals surface area contributed by atoms with Gasteiger partial charge in [0.15, 0.2) is 6.10 Å². The maximum absolute atomic E-state index is 12.2. The molecule has 1 atom stereocenters. The first-order valence-electron chi connectivity index (χ1n) is 6.35. The van der Waals surface area contributed by atoms with Crippen molar-refractivity contribution in [2.75, 3.05) is 5.32 Å². The number of amides is 1. The number of anilines is 1. The summed E-state index contributed by atoms with van der Waals surface area (Å²) in [6.45, 7) is 1.56. The van der Waals surface area contributed by atoms with E-state index in [1.807, 2.05) is 0 Å². The van der Waals surface area contributed by atoms with Crippen molar-refractivity contribution in [2.24, 2.45) is 0 Å². The van der Waals surface area contributed by atoms with Crippen LogP contribution in [-0.4, -0.2) is 12.0 Å². The Morgan fingerprint density at radius 3 is 2.30 bits per heavy atom. The number of nitrogens with one attached hydrogen (secondary N) is 1. The van der Waals surface area contributed by atoms with Crippen LogP contribution in [0.2, 0.25) is 25.1 Å². The van der Waals surface area contributed by atoms with E-state index in [1.54, 1.807) is 25.1 Å². The van der Waals surface area contributed by atoms with Crippen molar-refractivity contribution < 1.29 is 9.53 Å². The highest BCUT2D eigenvalue weighted by atomic mass is 35.5. The van der Waals surface area contributed by atoms with Crippen molar-refractivity contribution >= 4 is 69.6 Å². The molecule has 0 aliphatic rings. The molecule has 1 unspecified atom stereocenters. The molecule has 122 valence electrons. The van der Waals surface area contributed by atoms with Gasteiger partial charge in [0, 0.05) is 11.1 Å². The Labute approximate surface area is 158 Å². The summed E-state index contributed by atoms with van der Waals surface area (Å²) in [5.41, 5.74) is 0.389. The minimum Gasteiger partial charge on any atom is -0.479 e. The standard InChI is InChI=1S/C15H10Cl5NO2/c1-7(23-14-6-11(19)10(18)5-12(14)20)15(22)21-13-4-8(16)2-3-9(13)17/h2-7H,1H3,(H,21,22). The zero-order chi connectivity index (χ0) is 17.1.